The van der Waals surface area contributed by atoms with Gasteiger partial charge in [-0.25, -0.2) is 0 Å². The van der Waals surface area contributed by atoms with E-state index in [1.54, 1.807) is 0 Å². The van der Waals surface area contributed by atoms with Gasteiger partial charge in [-0.1, -0.05) is 20.8 Å². The summed E-state index contributed by atoms with van der Waals surface area (Å²) >= 11 is 0. The Hall–Kier alpha value is -0.570. The molecule has 1 rings (SSSR count). The first-order valence-corrected chi connectivity index (χ1v) is 6.95. The summed E-state index contributed by atoms with van der Waals surface area (Å²) in [6.07, 6.45) is 5.27. The average Bonchev–Trinajstić information content (AvgIpc) is 2.26. The van der Waals surface area contributed by atoms with Crippen LogP contribution in [0.4, 0.5) is 0 Å². The quantitative estimate of drug-likeness (QED) is 0.774. The molecule has 2 N–H and O–H groups in total. The van der Waals surface area contributed by atoms with Crippen LogP contribution in [0, 0.1) is 11.3 Å². The average molecular weight is 240 g/mol. The maximum atomic E-state index is 11.6. The molecule has 0 aliphatic carbocycles. The van der Waals surface area contributed by atoms with Crippen LogP contribution in [0.25, 0.3) is 0 Å². The molecule has 0 aromatic rings. The molecule has 1 saturated heterocycles. The van der Waals surface area contributed by atoms with Crippen molar-refractivity contribution in [3.63, 3.8) is 0 Å². The first-order chi connectivity index (χ1) is 7.97. The number of nitrogens with one attached hydrogen (secondary N) is 2. The summed E-state index contributed by atoms with van der Waals surface area (Å²) in [5.74, 6) is 0.984. The van der Waals surface area contributed by atoms with Crippen molar-refractivity contribution in [2.45, 2.75) is 52.9 Å². The van der Waals surface area contributed by atoms with Gasteiger partial charge in [-0.05, 0) is 50.1 Å². The Balaban J connectivity index is 2.04. The van der Waals surface area contributed by atoms with Gasteiger partial charge in [-0.2, -0.15) is 0 Å². The van der Waals surface area contributed by atoms with Crippen molar-refractivity contribution in [1.29, 1.82) is 0 Å². The molecule has 0 saturated carbocycles. The van der Waals surface area contributed by atoms with Crippen LogP contribution in [0.15, 0.2) is 0 Å². The van der Waals surface area contributed by atoms with E-state index in [2.05, 4.69) is 31.4 Å². The van der Waals surface area contributed by atoms with Crippen LogP contribution >= 0.6 is 0 Å². The van der Waals surface area contributed by atoms with Gasteiger partial charge in [0.1, 0.15) is 0 Å². The van der Waals surface area contributed by atoms with Crippen molar-refractivity contribution in [3.05, 3.63) is 0 Å². The normalized spacial score (nSPS) is 18.1. The first-order valence-electron chi connectivity index (χ1n) is 6.95. The third-order valence-corrected chi connectivity index (χ3v) is 3.44. The molecule has 3 heteroatoms. The zero-order chi connectivity index (χ0) is 12.7. The molecule has 3 nitrogen and oxygen atoms in total. The number of piperidine rings is 1. The molecule has 0 spiro atoms. The fourth-order valence-corrected chi connectivity index (χ4v) is 2.17. The monoisotopic (exact) mass is 240 g/mol. The van der Waals surface area contributed by atoms with E-state index in [1.165, 1.54) is 12.8 Å². The highest BCUT2D eigenvalue weighted by molar-refractivity contribution is 5.75. The third kappa shape index (κ3) is 7.37. The van der Waals surface area contributed by atoms with E-state index in [0.717, 1.165) is 38.4 Å². The second kappa shape index (κ2) is 7.00. The third-order valence-electron chi connectivity index (χ3n) is 3.44. The molecule has 0 atom stereocenters. The minimum Gasteiger partial charge on any atom is -0.356 e. The van der Waals surface area contributed by atoms with Crippen molar-refractivity contribution in [2.24, 2.45) is 11.3 Å². The zero-order valence-corrected chi connectivity index (χ0v) is 11.6. The highest BCUT2D eigenvalue weighted by Gasteiger charge is 2.15. The standard InChI is InChI=1S/C14H28N2O/c1-14(2,3)8-11-16-13(17)5-4-12-6-9-15-10-7-12/h12,15H,4-11H2,1-3H3,(H,16,17). The topological polar surface area (TPSA) is 41.1 Å². The summed E-state index contributed by atoms with van der Waals surface area (Å²) in [7, 11) is 0. The van der Waals surface area contributed by atoms with Gasteiger partial charge in [-0.3, -0.25) is 4.79 Å². The number of hydrogen-bond acceptors (Lipinski definition) is 2. The molecular formula is C14H28N2O. The highest BCUT2D eigenvalue weighted by Crippen LogP contribution is 2.18. The molecule has 1 heterocycles. The maximum Gasteiger partial charge on any atom is 0.220 e. The second-order valence-corrected chi connectivity index (χ2v) is 6.39. The van der Waals surface area contributed by atoms with Crippen molar-refractivity contribution in [2.75, 3.05) is 19.6 Å². The Bertz CT molecular complexity index is 227. The first kappa shape index (κ1) is 14.5. The minimum absolute atomic E-state index is 0.229. The number of hydrogen-bond donors (Lipinski definition) is 2. The van der Waals surface area contributed by atoms with Gasteiger partial charge in [-0.15, -0.1) is 0 Å². The van der Waals surface area contributed by atoms with Crippen molar-refractivity contribution in [3.8, 4) is 0 Å². The summed E-state index contributed by atoms with van der Waals surface area (Å²) in [4.78, 5) is 11.6. The van der Waals surface area contributed by atoms with Crippen LogP contribution in [-0.4, -0.2) is 25.5 Å². The Morgan fingerprint density at radius 1 is 1.29 bits per heavy atom. The van der Waals surface area contributed by atoms with Crippen molar-refractivity contribution < 1.29 is 4.79 Å². The molecule has 1 fully saturated rings. The van der Waals surface area contributed by atoms with Gasteiger partial charge in [0.15, 0.2) is 0 Å². The van der Waals surface area contributed by atoms with Gasteiger partial charge in [0.25, 0.3) is 0 Å². The summed E-state index contributed by atoms with van der Waals surface area (Å²) in [5, 5.41) is 6.38. The van der Waals surface area contributed by atoms with E-state index in [-0.39, 0.29) is 5.91 Å². The molecule has 0 radical (unpaired) electrons. The highest BCUT2D eigenvalue weighted by atomic mass is 16.1. The summed E-state index contributed by atoms with van der Waals surface area (Å²) in [5.41, 5.74) is 0.308. The maximum absolute atomic E-state index is 11.6. The molecule has 1 aliphatic heterocycles. The second-order valence-electron chi connectivity index (χ2n) is 6.39. The van der Waals surface area contributed by atoms with E-state index in [4.69, 9.17) is 0 Å². The molecule has 0 aromatic carbocycles. The van der Waals surface area contributed by atoms with Gasteiger partial charge < -0.3 is 10.6 Å². The Labute approximate surface area is 106 Å². The predicted octanol–water partition coefficient (Wildman–Crippen LogP) is 2.32. The molecule has 100 valence electrons. The lowest BCUT2D eigenvalue weighted by Crippen LogP contribution is -2.30. The zero-order valence-electron chi connectivity index (χ0n) is 11.6. The van der Waals surface area contributed by atoms with Crippen LogP contribution in [0.5, 0.6) is 0 Å². The molecule has 0 bridgehead atoms. The molecule has 1 amide bonds. The van der Waals surface area contributed by atoms with E-state index >= 15 is 0 Å². The van der Waals surface area contributed by atoms with Crippen LogP contribution < -0.4 is 10.6 Å². The largest absolute Gasteiger partial charge is 0.356 e. The smallest absolute Gasteiger partial charge is 0.220 e. The lowest BCUT2D eigenvalue weighted by atomic mass is 9.92. The molecule has 0 unspecified atom stereocenters. The molecule has 1 aliphatic rings. The van der Waals surface area contributed by atoms with Crippen molar-refractivity contribution >= 4 is 5.91 Å². The van der Waals surface area contributed by atoms with Crippen LogP contribution in [0.2, 0.25) is 0 Å². The summed E-state index contributed by atoms with van der Waals surface area (Å²) in [6.45, 7) is 9.66. The molecule has 17 heavy (non-hydrogen) atoms. The predicted molar refractivity (Wildman–Crippen MR) is 71.9 cm³/mol. The van der Waals surface area contributed by atoms with Gasteiger partial charge in [0.05, 0.1) is 0 Å². The number of carbonyl (C=O) groups is 1. The SMILES string of the molecule is CC(C)(C)CCNC(=O)CCC1CCNCC1. The van der Waals surface area contributed by atoms with Crippen LogP contribution in [-0.2, 0) is 4.79 Å². The molecular weight excluding hydrogens is 212 g/mol. The van der Waals surface area contributed by atoms with Crippen molar-refractivity contribution in [1.82, 2.24) is 10.6 Å². The van der Waals surface area contributed by atoms with E-state index < -0.39 is 0 Å². The fraction of sp³-hybridized carbons (Fsp3) is 0.929. The minimum atomic E-state index is 0.229. The Morgan fingerprint density at radius 3 is 2.53 bits per heavy atom. The lowest BCUT2D eigenvalue weighted by molar-refractivity contribution is -0.121. The molecule has 0 aromatic heterocycles. The number of amides is 1. The van der Waals surface area contributed by atoms with Gasteiger partial charge >= 0.3 is 0 Å². The number of rotatable bonds is 5. The summed E-state index contributed by atoms with van der Waals surface area (Å²) in [6, 6.07) is 0. The van der Waals surface area contributed by atoms with E-state index in [9.17, 15) is 4.79 Å². The van der Waals surface area contributed by atoms with Gasteiger partial charge in [0, 0.05) is 13.0 Å². The lowest BCUT2D eigenvalue weighted by Gasteiger charge is -2.22. The summed E-state index contributed by atoms with van der Waals surface area (Å²) < 4.78 is 0. The van der Waals surface area contributed by atoms with E-state index in [1.807, 2.05) is 0 Å². The van der Waals surface area contributed by atoms with Crippen LogP contribution in [0.1, 0.15) is 52.9 Å². The number of carbonyl (C=O) groups excluding carboxylic acids is 1. The Kier molecular flexibility index (Phi) is 5.96. The van der Waals surface area contributed by atoms with E-state index in [0.29, 0.717) is 11.8 Å². The Morgan fingerprint density at radius 2 is 1.94 bits per heavy atom. The van der Waals surface area contributed by atoms with Gasteiger partial charge in [0.2, 0.25) is 5.91 Å². The van der Waals surface area contributed by atoms with Crippen LogP contribution in [0.3, 0.4) is 0 Å². The fourth-order valence-electron chi connectivity index (χ4n) is 2.17.